The number of anilines is 1. The fourth-order valence-corrected chi connectivity index (χ4v) is 3.36. The van der Waals surface area contributed by atoms with Gasteiger partial charge in [-0.3, -0.25) is 9.59 Å². The number of rotatable bonds is 5. The minimum Gasteiger partial charge on any atom is -0.374 e. The maximum atomic E-state index is 12.0. The lowest BCUT2D eigenvalue weighted by atomic mass is 9.96. The molecule has 0 radical (unpaired) electrons. The summed E-state index contributed by atoms with van der Waals surface area (Å²) in [4.78, 5) is 28.2. The molecule has 1 aliphatic carbocycles. The minimum atomic E-state index is -0.545. The Hall–Kier alpha value is -2.08. The molecule has 2 N–H and O–H groups in total. The molecule has 0 saturated heterocycles. The van der Waals surface area contributed by atoms with E-state index in [4.69, 9.17) is 0 Å². The van der Waals surface area contributed by atoms with Crippen molar-refractivity contribution in [2.75, 3.05) is 39.1 Å². The van der Waals surface area contributed by atoms with E-state index in [0.29, 0.717) is 6.54 Å². The van der Waals surface area contributed by atoms with Gasteiger partial charge >= 0.3 is 11.8 Å². The number of carbonyl (C=O) groups excluding carboxylic acids is 2. The number of hydrogen-bond acceptors (Lipinski definition) is 4. The van der Waals surface area contributed by atoms with Crippen LogP contribution in [0.25, 0.3) is 0 Å². The van der Waals surface area contributed by atoms with Crippen LogP contribution in [0.15, 0.2) is 18.2 Å². The van der Waals surface area contributed by atoms with Crippen molar-refractivity contribution >= 4 is 17.5 Å². The van der Waals surface area contributed by atoms with Gasteiger partial charge in [-0.25, -0.2) is 0 Å². The molecule has 1 aromatic carbocycles. The van der Waals surface area contributed by atoms with Gasteiger partial charge in [0.05, 0.1) is 6.04 Å². The zero-order valence-corrected chi connectivity index (χ0v) is 15.3. The molecule has 136 valence electrons. The summed E-state index contributed by atoms with van der Waals surface area (Å²) in [6, 6.07) is 6.77. The molecule has 1 saturated carbocycles. The molecule has 1 aromatic rings. The first-order valence-corrected chi connectivity index (χ1v) is 9.05. The topological polar surface area (TPSA) is 64.7 Å². The van der Waals surface area contributed by atoms with E-state index in [-0.39, 0.29) is 12.1 Å². The number of aryl methyl sites for hydroxylation is 1. The minimum absolute atomic E-state index is 0.0372. The van der Waals surface area contributed by atoms with E-state index in [2.05, 4.69) is 45.7 Å². The van der Waals surface area contributed by atoms with Crippen LogP contribution in [0.3, 0.4) is 0 Å². The van der Waals surface area contributed by atoms with Crippen molar-refractivity contribution in [2.24, 2.45) is 0 Å². The lowest BCUT2D eigenvalue weighted by molar-refractivity contribution is -0.139. The van der Waals surface area contributed by atoms with Crippen molar-refractivity contribution in [2.45, 2.75) is 37.8 Å². The second kappa shape index (κ2) is 7.44. The second-order valence-electron chi connectivity index (χ2n) is 7.35. The van der Waals surface area contributed by atoms with Crippen molar-refractivity contribution < 1.29 is 9.59 Å². The van der Waals surface area contributed by atoms with Crippen LogP contribution in [0, 0.1) is 0 Å². The Kier molecular flexibility index (Phi) is 5.27. The maximum absolute atomic E-state index is 12.0. The SMILES string of the molecule is CN1CCCc2cc(C(CNC(=O)C(=O)NC3CC3)N(C)C)ccc21. The van der Waals surface area contributed by atoms with Crippen LogP contribution >= 0.6 is 0 Å². The average molecular weight is 344 g/mol. The predicted molar refractivity (Wildman–Crippen MR) is 98.6 cm³/mol. The van der Waals surface area contributed by atoms with E-state index in [1.807, 2.05) is 14.1 Å². The standard InChI is InChI=1S/C19H28N4O2/c1-22(2)17(12-20-18(24)19(25)21-15-7-8-15)14-6-9-16-13(11-14)5-4-10-23(16)3/h6,9,11,15,17H,4-5,7-8,10,12H2,1-3H3,(H,20,24)(H,21,25). The molecule has 0 spiro atoms. The molecule has 25 heavy (non-hydrogen) atoms. The van der Waals surface area contributed by atoms with E-state index in [1.165, 1.54) is 16.8 Å². The summed E-state index contributed by atoms with van der Waals surface area (Å²) >= 11 is 0. The molecule has 1 heterocycles. The lowest BCUT2D eigenvalue weighted by Gasteiger charge is -2.30. The highest BCUT2D eigenvalue weighted by molar-refractivity contribution is 6.35. The Morgan fingerprint density at radius 3 is 2.72 bits per heavy atom. The van der Waals surface area contributed by atoms with Crippen molar-refractivity contribution in [3.63, 3.8) is 0 Å². The summed E-state index contributed by atoms with van der Waals surface area (Å²) < 4.78 is 0. The van der Waals surface area contributed by atoms with Crippen LogP contribution in [0.1, 0.15) is 36.4 Å². The quantitative estimate of drug-likeness (QED) is 0.784. The van der Waals surface area contributed by atoms with Crippen LogP contribution in [0.4, 0.5) is 5.69 Å². The van der Waals surface area contributed by atoms with Gasteiger partial charge in [-0.15, -0.1) is 0 Å². The molecule has 1 atom stereocenters. The number of hydrogen-bond donors (Lipinski definition) is 2. The van der Waals surface area contributed by atoms with Gasteiger partial charge in [0.25, 0.3) is 0 Å². The van der Waals surface area contributed by atoms with Gasteiger partial charge in [-0.05, 0) is 57.0 Å². The van der Waals surface area contributed by atoms with Gasteiger partial charge in [-0.2, -0.15) is 0 Å². The van der Waals surface area contributed by atoms with Crippen LogP contribution in [0.5, 0.6) is 0 Å². The number of benzene rings is 1. The third-order valence-corrected chi connectivity index (χ3v) is 5.04. The molecule has 0 bridgehead atoms. The summed E-state index contributed by atoms with van der Waals surface area (Å²) in [5.41, 5.74) is 3.82. The van der Waals surface area contributed by atoms with Gasteiger partial charge < -0.3 is 20.4 Å². The fraction of sp³-hybridized carbons (Fsp3) is 0.579. The second-order valence-corrected chi connectivity index (χ2v) is 7.35. The van der Waals surface area contributed by atoms with E-state index < -0.39 is 11.8 Å². The molecule has 1 aliphatic heterocycles. The largest absolute Gasteiger partial charge is 0.374 e. The summed E-state index contributed by atoms with van der Waals surface area (Å²) in [6.07, 6.45) is 4.20. The first kappa shape index (κ1) is 17.7. The van der Waals surface area contributed by atoms with Crippen LogP contribution < -0.4 is 15.5 Å². The summed E-state index contributed by atoms with van der Waals surface area (Å²) in [7, 11) is 6.11. The Morgan fingerprint density at radius 2 is 2.04 bits per heavy atom. The highest BCUT2D eigenvalue weighted by atomic mass is 16.2. The number of fused-ring (bicyclic) bond motifs is 1. The molecular formula is C19H28N4O2. The summed E-state index contributed by atoms with van der Waals surface area (Å²) in [5, 5.41) is 5.50. The van der Waals surface area contributed by atoms with E-state index in [9.17, 15) is 9.59 Å². The Balaban J connectivity index is 1.66. The molecule has 3 rings (SSSR count). The third kappa shape index (κ3) is 4.31. The van der Waals surface area contributed by atoms with E-state index >= 15 is 0 Å². The molecule has 2 amide bonds. The molecular weight excluding hydrogens is 316 g/mol. The predicted octanol–water partition coefficient (Wildman–Crippen LogP) is 1.07. The van der Waals surface area contributed by atoms with E-state index in [1.54, 1.807) is 0 Å². The van der Waals surface area contributed by atoms with Crippen molar-refractivity contribution in [3.8, 4) is 0 Å². The first-order chi connectivity index (χ1) is 12.0. The summed E-state index contributed by atoms with van der Waals surface area (Å²) in [6.45, 7) is 1.51. The smallest absolute Gasteiger partial charge is 0.309 e. The molecule has 1 unspecified atom stereocenters. The van der Waals surface area contributed by atoms with Crippen molar-refractivity contribution in [3.05, 3.63) is 29.3 Å². The molecule has 0 aromatic heterocycles. The van der Waals surface area contributed by atoms with Crippen LogP contribution in [0.2, 0.25) is 0 Å². The van der Waals surface area contributed by atoms with Gasteiger partial charge in [-0.1, -0.05) is 12.1 Å². The lowest BCUT2D eigenvalue weighted by Crippen LogP contribution is -2.43. The first-order valence-electron chi connectivity index (χ1n) is 9.05. The Labute approximate surface area is 149 Å². The van der Waals surface area contributed by atoms with E-state index in [0.717, 1.165) is 32.2 Å². The molecule has 6 nitrogen and oxygen atoms in total. The zero-order valence-electron chi connectivity index (χ0n) is 15.3. The number of likely N-dealkylation sites (N-methyl/N-ethyl adjacent to an activating group) is 1. The van der Waals surface area contributed by atoms with Crippen molar-refractivity contribution in [1.29, 1.82) is 0 Å². The van der Waals surface area contributed by atoms with Crippen molar-refractivity contribution in [1.82, 2.24) is 15.5 Å². The highest BCUT2D eigenvalue weighted by Gasteiger charge is 2.27. The Bertz CT molecular complexity index is 655. The molecule has 2 aliphatic rings. The number of carbonyl (C=O) groups is 2. The summed E-state index contributed by atoms with van der Waals surface area (Å²) in [5.74, 6) is -1.07. The monoisotopic (exact) mass is 344 g/mol. The number of nitrogens with one attached hydrogen (secondary N) is 2. The highest BCUT2D eigenvalue weighted by Crippen LogP contribution is 2.29. The Morgan fingerprint density at radius 1 is 1.28 bits per heavy atom. The average Bonchev–Trinajstić information content (AvgIpc) is 3.38. The van der Waals surface area contributed by atoms with Gasteiger partial charge in [0.1, 0.15) is 0 Å². The number of amides is 2. The maximum Gasteiger partial charge on any atom is 0.309 e. The van der Waals surface area contributed by atoms with Gasteiger partial charge in [0.2, 0.25) is 0 Å². The fourth-order valence-electron chi connectivity index (χ4n) is 3.36. The molecule has 6 heteroatoms. The normalized spacial score (nSPS) is 17.8. The van der Waals surface area contributed by atoms with Gasteiger partial charge in [0, 0.05) is 31.9 Å². The molecule has 1 fully saturated rings. The van der Waals surface area contributed by atoms with Crippen LogP contribution in [-0.2, 0) is 16.0 Å². The van der Waals surface area contributed by atoms with Gasteiger partial charge in [0.15, 0.2) is 0 Å². The number of nitrogens with zero attached hydrogens (tertiary/aromatic N) is 2. The van der Waals surface area contributed by atoms with Crippen LogP contribution in [-0.4, -0.2) is 57.0 Å². The third-order valence-electron chi connectivity index (χ3n) is 5.04. The zero-order chi connectivity index (χ0) is 18.0.